The van der Waals surface area contributed by atoms with E-state index in [-0.39, 0.29) is 5.97 Å². The van der Waals surface area contributed by atoms with Crippen molar-refractivity contribution >= 4 is 17.7 Å². The van der Waals surface area contributed by atoms with Crippen molar-refractivity contribution in [3.63, 3.8) is 0 Å². The fourth-order valence-corrected chi connectivity index (χ4v) is 4.25. The first-order valence-corrected chi connectivity index (χ1v) is 11.3. The molecule has 0 aliphatic carbocycles. The van der Waals surface area contributed by atoms with Gasteiger partial charge in [-0.3, -0.25) is 5.32 Å². The van der Waals surface area contributed by atoms with E-state index in [2.05, 4.69) is 48.0 Å². The van der Waals surface area contributed by atoms with E-state index in [1.807, 2.05) is 49.0 Å². The maximum atomic E-state index is 12.8. The number of ether oxygens (including phenoxy) is 1. The Morgan fingerprint density at radius 2 is 1.86 bits per heavy atom. The average molecular weight is 404 g/mol. The number of aryl methyl sites for hydroxylation is 2. The van der Waals surface area contributed by atoms with E-state index in [1.165, 1.54) is 22.3 Å². The van der Waals surface area contributed by atoms with Gasteiger partial charge in [-0.05, 0) is 59.2 Å². The van der Waals surface area contributed by atoms with Crippen LogP contribution in [0.1, 0.15) is 38.8 Å². The van der Waals surface area contributed by atoms with Crippen LogP contribution in [0.3, 0.4) is 0 Å². The van der Waals surface area contributed by atoms with Gasteiger partial charge in [-0.2, -0.15) is 11.8 Å². The van der Waals surface area contributed by atoms with E-state index in [1.54, 1.807) is 0 Å². The average Bonchev–Trinajstić information content (AvgIpc) is 3.15. The maximum absolute atomic E-state index is 12.8. The highest BCUT2D eigenvalue weighted by Crippen LogP contribution is 2.36. The molecular weight excluding hydrogens is 378 g/mol. The first-order valence-electron chi connectivity index (χ1n) is 9.87. The molecule has 0 radical (unpaired) electrons. The molecule has 29 heavy (non-hydrogen) atoms. The number of carbonyl (C=O) groups is 1. The second-order valence-electron chi connectivity index (χ2n) is 7.30. The number of hydrogen-bond acceptors (Lipinski definition) is 4. The smallest absolute Gasteiger partial charge is 0.340 e. The van der Waals surface area contributed by atoms with Crippen LogP contribution in [0.25, 0.3) is 11.1 Å². The van der Waals surface area contributed by atoms with Crippen molar-refractivity contribution in [2.75, 3.05) is 12.0 Å². The van der Waals surface area contributed by atoms with Crippen LogP contribution < -0.4 is 5.32 Å². The normalized spacial score (nSPS) is 15.2. The van der Waals surface area contributed by atoms with Gasteiger partial charge in [0.1, 0.15) is 0 Å². The van der Waals surface area contributed by atoms with E-state index in [9.17, 15) is 4.79 Å². The summed E-state index contributed by atoms with van der Waals surface area (Å²) in [4.78, 5) is 12.8. The predicted octanol–water partition coefficient (Wildman–Crippen LogP) is 5.53. The zero-order valence-electron chi connectivity index (χ0n) is 16.8. The summed E-state index contributed by atoms with van der Waals surface area (Å²) in [5, 5.41) is 3.39. The molecule has 0 fully saturated rings. The molecule has 3 nitrogen and oxygen atoms in total. The molecule has 0 saturated heterocycles. The summed E-state index contributed by atoms with van der Waals surface area (Å²) < 4.78 is 5.90. The van der Waals surface area contributed by atoms with E-state index < -0.39 is 6.23 Å². The number of hydrogen-bond donors (Lipinski definition) is 1. The van der Waals surface area contributed by atoms with Gasteiger partial charge < -0.3 is 4.74 Å². The summed E-state index contributed by atoms with van der Waals surface area (Å²) in [6.45, 7) is 2.62. The third kappa shape index (κ3) is 4.24. The van der Waals surface area contributed by atoms with Crippen molar-refractivity contribution < 1.29 is 9.53 Å². The molecule has 0 spiro atoms. The van der Waals surface area contributed by atoms with Gasteiger partial charge in [-0.15, -0.1) is 0 Å². The molecule has 1 atom stereocenters. The molecule has 1 aliphatic rings. The molecule has 0 aromatic heterocycles. The number of thioether (sulfide) groups is 1. The monoisotopic (exact) mass is 403 g/mol. The second-order valence-corrected chi connectivity index (χ2v) is 8.29. The minimum absolute atomic E-state index is 0.288. The first kappa shape index (κ1) is 19.7. The van der Waals surface area contributed by atoms with Gasteiger partial charge in [0.2, 0.25) is 0 Å². The lowest BCUT2D eigenvalue weighted by atomic mass is 9.93. The highest BCUT2D eigenvalue weighted by atomic mass is 32.2. The zero-order chi connectivity index (χ0) is 20.2. The van der Waals surface area contributed by atoms with E-state index in [0.29, 0.717) is 12.1 Å². The molecule has 1 aliphatic heterocycles. The Hall–Kier alpha value is -2.56. The standard InChI is InChI=1S/C25H25NO2S/c1-17-8-6-7-11-20(17)25(27)28-24-22-15-18(12-13-29-2)14-21(23(22)16-26-24)19-9-4-3-5-10-19/h3-11,14-15,24,26H,12-13,16H2,1-2H3. The number of fused-ring (bicyclic) bond motifs is 1. The fourth-order valence-electron chi connectivity index (χ4n) is 3.81. The molecule has 4 heteroatoms. The second kappa shape index (κ2) is 8.85. The third-order valence-corrected chi connectivity index (χ3v) is 5.97. The maximum Gasteiger partial charge on any atom is 0.340 e. The Morgan fingerprint density at radius 3 is 2.62 bits per heavy atom. The van der Waals surface area contributed by atoms with Crippen LogP contribution >= 0.6 is 11.8 Å². The lowest BCUT2D eigenvalue weighted by Gasteiger charge is -2.17. The summed E-state index contributed by atoms with van der Waals surface area (Å²) >= 11 is 1.84. The van der Waals surface area contributed by atoms with Gasteiger partial charge >= 0.3 is 5.97 Å². The molecular formula is C25H25NO2S. The van der Waals surface area contributed by atoms with Gasteiger partial charge in [0, 0.05) is 12.1 Å². The van der Waals surface area contributed by atoms with Gasteiger partial charge in [0.05, 0.1) is 5.56 Å². The Labute approximate surface area is 176 Å². The molecule has 1 heterocycles. The molecule has 4 rings (SSSR count). The van der Waals surface area contributed by atoms with Crippen LogP contribution in [0.4, 0.5) is 0 Å². The van der Waals surface area contributed by atoms with Crippen LogP contribution in [-0.2, 0) is 17.7 Å². The molecule has 148 valence electrons. The third-order valence-electron chi connectivity index (χ3n) is 5.36. The minimum atomic E-state index is -0.422. The number of rotatable bonds is 6. The van der Waals surface area contributed by atoms with Gasteiger partial charge in [-0.25, -0.2) is 4.79 Å². The van der Waals surface area contributed by atoms with E-state index in [0.717, 1.165) is 23.3 Å². The summed E-state index contributed by atoms with van der Waals surface area (Å²) in [6.07, 6.45) is 2.70. The zero-order valence-corrected chi connectivity index (χ0v) is 17.6. The number of carbonyl (C=O) groups excluding carboxylic acids is 1. The van der Waals surface area contributed by atoms with E-state index in [4.69, 9.17) is 4.74 Å². The highest BCUT2D eigenvalue weighted by molar-refractivity contribution is 7.98. The molecule has 1 unspecified atom stereocenters. The Kier molecular flexibility index (Phi) is 6.02. The predicted molar refractivity (Wildman–Crippen MR) is 120 cm³/mol. The Balaban J connectivity index is 1.69. The summed E-state index contributed by atoms with van der Waals surface area (Å²) in [5.41, 5.74) is 7.52. The van der Waals surface area contributed by atoms with Gasteiger partial charge in [-0.1, -0.05) is 60.7 Å². The molecule has 3 aromatic carbocycles. The van der Waals surface area contributed by atoms with Gasteiger partial charge in [0.25, 0.3) is 0 Å². The highest BCUT2D eigenvalue weighted by Gasteiger charge is 2.29. The van der Waals surface area contributed by atoms with Crippen molar-refractivity contribution in [2.45, 2.75) is 26.1 Å². The largest absolute Gasteiger partial charge is 0.439 e. The lowest BCUT2D eigenvalue weighted by Crippen LogP contribution is -2.20. The number of nitrogens with one attached hydrogen (secondary N) is 1. The molecule has 0 bridgehead atoms. The summed E-state index contributed by atoms with van der Waals surface area (Å²) in [6, 6.07) is 22.5. The van der Waals surface area contributed by atoms with Crippen molar-refractivity contribution in [3.05, 3.63) is 94.5 Å². The fraction of sp³-hybridized carbons (Fsp3) is 0.240. The SMILES string of the molecule is CSCCc1cc(-c2ccccc2)c2c(c1)C(OC(=O)c1ccccc1C)NC2. The summed E-state index contributed by atoms with van der Waals surface area (Å²) in [5.74, 6) is 0.776. The van der Waals surface area contributed by atoms with Gasteiger partial charge in [0.15, 0.2) is 6.23 Å². The van der Waals surface area contributed by atoms with Crippen molar-refractivity contribution in [2.24, 2.45) is 0 Å². The minimum Gasteiger partial charge on any atom is -0.439 e. The molecule has 3 aromatic rings. The molecule has 1 N–H and O–H groups in total. The van der Waals surface area contributed by atoms with Crippen LogP contribution in [0.5, 0.6) is 0 Å². The van der Waals surface area contributed by atoms with Crippen LogP contribution in [0.2, 0.25) is 0 Å². The molecule has 0 amide bonds. The van der Waals surface area contributed by atoms with Crippen LogP contribution in [0, 0.1) is 6.92 Å². The van der Waals surface area contributed by atoms with Crippen molar-refractivity contribution in [3.8, 4) is 11.1 Å². The number of benzene rings is 3. The first-order chi connectivity index (χ1) is 14.2. The van der Waals surface area contributed by atoms with Crippen LogP contribution in [-0.4, -0.2) is 18.0 Å². The quantitative estimate of drug-likeness (QED) is 0.550. The number of esters is 1. The van der Waals surface area contributed by atoms with Crippen molar-refractivity contribution in [1.29, 1.82) is 0 Å². The lowest BCUT2D eigenvalue weighted by molar-refractivity contribution is 0.0236. The van der Waals surface area contributed by atoms with Crippen LogP contribution in [0.15, 0.2) is 66.7 Å². The molecule has 0 saturated carbocycles. The Morgan fingerprint density at radius 1 is 1.10 bits per heavy atom. The van der Waals surface area contributed by atoms with E-state index >= 15 is 0 Å². The summed E-state index contributed by atoms with van der Waals surface area (Å²) in [7, 11) is 0. The Bertz CT molecular complexity index is 1020. The van der Waals surface area contributed by atoms with Crippen molar-refractivity contribution in [1.82, 2.24) is 5.32 Å². The topological polar surface area (TPSA) is 38.3 Å².